The molecule has 7 nitrogen and oxygen atoms in total. The molecule has 0 saturated carbocycles. The fourth-order valence-electron chi connectivity index (χ4n) is 1.83. The quantitative estimate of drug-likeness (QED) is 0.754. The molecule has 0 spiro atoms. The number of carboxylic acids is 1. The van der Waals surface area contributed by atoms with Gasteiger partial charge in [0.25, 0.3) is 0 Å². The predicted octanol–water partition coefficient (Wildman–Crippen LogP) is 1.92. The number of furan rings is 2. The van der Waals surface area contributed by atoms with Crippen LogP contribution in [0.25, 0.3) is 0 Å². The number of nitrogens with one attached hydrogen (secondary N) is 2. The number of hydrogen-bond acceptors (Lipinski definition) is 4. The summed E-state index contributed by atoms with van der Waals surface area (Å²) in [6, 6.07) is 4.67. The van der Waals surface area contributed by atoms with E-state index >= 15 is 0 Å². The maximum Gasteiger partial charge on any atom is 0.339 e. The van der Waals surface area contributed by atoms with Gasteiger partial charge >= 0.3 is 12.0 Å². The van der Waals surface area contributed by atoms with Crippen LogP contribution in [0, 0.1) is 6.92 Å². The van der Waals surface area contributed by atoms with E-state index in [1.54, 1.807) is 19.3 Å². The van der Waals surface area contributed by atoms with E-state index in [-0.39, 0.29) is 18.1 Å². The van der Waals surface area contributed by atoms with Crippen molar-refractivity contribution in [1.82, 2.24) is 10.6 Å². The van der Waals surface area contributed by atoms with Crippen LogP contribution in [0.15, 0.2) is 33.3 Å². The van der Waals surface area contributed by atoms with E-state index in [0.29, 0.717) is 24.5 Å². The Kier molecular flexibility index (Phi) is 4.65. The van der Waals surface area contributed by atoms with E-state index in [1.165, 1.54) is 6.07 Å². The molecule has 3 N–H and O–H groups in total. The number of hydrogen-bond donors (Lipinski definition) is 3. The summed E-state index contributed by atoms with van der Waals surface area (Å²) in [6.45, 7) is 2.13. The number of carbonyl (C=O) groups is 2. The number of amides is 2. The third-order valence-electron chi connectivity index (χ3n) is 2.86. The molecule has 0 aliphatic carbocycles. The Balaban J connectivity index is 1.73. The standard InChI is InChI=1S/C14H16N2O5/c1-9-12(13(17)18)7-11(21-9)8-16-14(19)15-5-4-10-3-2-6-20-10/h2-3,6-7H,4-5,8H2,1H3,(H,17,18)(H2,15,16,19). The summed E-state index contributed by atoms with van der Waals surface area (Å²) in [5, 5.41) is 14.2. The molecule has 7 heteroatoms. The highest BCUT2D eigenvalue weighted by Crippen LogP contribution is 2.14. The minimum atomic E-state index is -1.05. The maximum absolute atomic E-state index is 11.6. The zero-order chi connectivity index (χ0) is 15.2. The van der Waals surface area contributed by atoms with Crippen LogP contribution in [0.3, 0.4) is 0 Å². The highest BCUT2D eigenvalue weighted by atomic mass is 16.4. The van der Waals surface area contributed by atoms with Gasteiger partial charge < -0.3 is 24.6 Å². The number of urea groups is 1. The number of rotatable bonds is 6. The first-order valence-corrected chi connectivity index (χ1v) is 6.43. The molecule has 0 radical (unpaired) electrons. The minimum Gasteiger partial charge on any atom is -0.478 e. The van der Waals surface area contributed by atoms with Gasteiger partial charge in [-0.2, -0.15) is 0 Å². The second-order valence-corrected chi connectivity index (χ2v) is 4.43. The van der Waals surface area contributed by atoms with Crippen LogP contribution in [0.4, 0.5) is 4.79 Å². The fraction of sp³-hybridized carbons (Fsp3) is 0.286. The lowest BCUT2D eigenvalue weighted by Crippen LogP contribution is -2.36. The smallest absolute Gasteiger partial charge is 0.339 e. The zero-order valence-electron chi connectivity index (χ0n) is 11.5. The first-order chi connectivity index (χ1) is 10.1. The van der Waals surface area contributed by atoms with Crippen molar-refractivity contribution in [2.75, 3.05) is 6.54 Å². The Labute approximate surface area is 120 Å². The molecule has 2 amide bonds. The van der Waals surface area contributed by atoms with E-state index in [0.717, 1.165) is 5.76 Å². The molecule has 0 aliphatic rings. The van der Waals surface area contributed by atoms with Crippen molar-refractivity contribution >= 4 is 12.0 Å². The second kappa shape index (κ2) is 6.65. The summed E-state index contributed by atoms with van der Waals surface area (Å²) < 4.78 is 10.4. The monoisotopic (exact) mass is 292 g/mol. The topological polar surface area (TPSA) is 105 Å². The normalized spacial score (nSPS) is 10.3. The molecule has 2 aromatic rings. The van der Waals surface area contributed by atoms with Crippen LogP contribution in [0.2, 0.25) is 0 Å². The van der Waals surface area contributed by atoms with Crippen molar-refractivity contribution in [1.29, 1.82) is 0 Å². The number of aromatic carboxylic acids is 1. The molecule has 0 unspecified atom stereocenters. The summed E-state index contributed by atoms with van der Waals surface area (Å²) in [4.78, 5) is 22.4. The first kappa shape index (κ1) is 14.7. The zero-order valence-corrected chi connectivity index (χ0v) is 11.5. The lowest BCUT2D eigenvalue weighted by Gasteiger charge is -2.05. The predicted molar refractivity (Wildman–Crippen MR) is 73.1 cm³/mol. The van der Waals surface area contributed by atoms with Crippen molar-refractivity contribution in [3.8, 4) is 0 Å². The summed E-state index contributed by atoms with van der Waals surface area (Å²) >= 11 is 0. The van der Waals surface area contributed by atoms with Crippen LogP contribution in [0.5, 0.6) is 0 Å². The van der Waals surface area contributed by atoms with Crippen LogP contribution >= 0.6 is 0 Å². The molecule has 0 fully saturated rings. The molecule has 0 bridgehead atoms. The Morgan fingerprint density at radius 2 is 2.10 bits per heavy atom. The Bertz CT molecular complexity index is 615. The second-order valence-electron chi connectivity index (χ2n) is 4.43. The average molecular weight is 292 g/mol. The van der Waals surface area contributed by atoms with Gasteiger partial charge in [0.2, 0.25) is 0 Å². The summed E-state index contributed by atoms with van der Waals surface area (Å²) in [5.74, 6) is 0.456. The van der Waals surface area contributed by atoms with Gasteiger partial charge in [-0.1, -0.05) is 0 Å². The van der Waals surface area contributed by atoms with Crippen LogP contribution in [-0.2, 0) is 13.0 Å². The molecular formula is C14H16N2O5. The molecule has 112 valence electrons. The Hall–Kier alpha value is -2.70. The molecule has 0 atom stereocenters. The van der Waals surface area contributed by atoms with Gasteiger partial charge in [0.1, 0.15) is 22.8 Å². The van der Waals surface area contributed by atoms with Crippen LogP contribution in [-0.4, -0.2) is 23.7 Å². The summed E-state index contributed by atoms with van der Waals surface area (Å²) in [7, 11) is 0. The molecule has 0 aromatic carbocycles. The number of carbonyl (C=O) groups excluding carboxylic acids is 1. The van der Waals surface area contributed by atoms with Crippen molar-refractivity contribution in [2.45, 2.75) is 19.9 Å². The summed E-state index contributed by atoms with van der Waals surface area (Å²) in [6.07, 6.45) is 2.18. The SMILES string of the molecule is Cc1oc(CNC(=O)NCCc2ccco2)cc1C(=O)O. The van der Waals surface area contributed by atoms with E-state index in [9.17, 15) is 9.59 Å². The van der Waals surface area contributed by atoms with Crippen molar-refractivity contribution in [3.05, 3.63) is 47.3 Å². The van der Waals surface area contributed by atoms with Crippen molar-refractivity contribution in [3.63, 3.8) is 0 Å². The molecule has 0 aliphatic heterocycles. The largest absolute Gasteiger partial charge is 0.478 e. The molecule has 2 rings (SSSR count). The third kappa shape index (κ3) is 4.13. The van der Waals surface area contributed by atoms with Gasteiger partial charge in [-0.3, -0.25) is 0 Å². The lowest BCUT2D eigenvalue weighted by atomic mass is 10.2. The van der Waals surface area contributed by atoms with Crippen LogP contribution in [0.1, 0.15) is 27.6 Å². The lowest BCUT2D eigenvalue weighted by molar-refractivity contribution is 0.0695. The van der Waals surface area contributed by atoms with Crippen molar-refractivity contribution < 1.29 is 23.5 Å². The van der Waals surface area contributed by atoms with Gasteiger partial charge in [-0.25, -0.2) is 9.59 Å². The third-order valence-corrected chi connectivity index (χ3v) is 2.86. The highest BCUT2D eigenvalue weighted by molar-refractivity contribution is 5.88. The highest BCUT2D eigenvalue weighted by Gasteiger charge is 2.13. The molecule has 2 heterocycles. The molecule has 21 heavy (non-hydrogen) atoms. The van der Waals surface area contributed by atoms with Gasteiger partial charge in [0, 0.05) is 13.0 Å². The average Bonchev–Trinajstić information content (AvgIpc) is 3.06. The molecular weight excluding hydrogens is 276 g/mol. The van der Waals surface area contributed by atoms with Crippen molar-refractivity contribution in [2.24, 2.45) is 0 Å². The van der Waals surface area contributed by atoms with E-state index in [1.807, 2.05) is 6.07 Å². The van der Waals surface area contributed by atoms with Gasteiger partial charge in [0.05, 0.1) is 12.8 Å². The van der Waals surface area contributed by atoms with Gasteiger partial charge in [-0.05, 0) is 25.1 Å². The molecule has 0 saturated heterocycles. The number of aryl methyl sites for hydroxylation is 1. The maximum atomic E-state index is 11.6. The minimum absolute atomic E-state index is 0.102. The van der Waals surface area contributed by atoms with Gasteiger partial charge in [-0.15, -0.1) is 0 Å². The molecule has 2 aromatic heterocycles. The Morgan fingerprint density at radius 3 is 2.71 bits per heavy atom. The van der Waals surface area contributed by atoms with E-state index in [2.05, 4.69) is 10.6 Å². The number of carboxylic acid groups (broad SMARTS) is 1. The summed E-state index contributed by atoms with van der Waals surface area (Å²) in [5.41, 5.74) is 0.102. The van der Waals surface area contributed by atoms with Gasteiger partial charge in [0.15, 0.2) is 0 Å². The fourth-order valence-corrected chi connectivity index (χ4v) is 1.83. The van der Waals surface area contributed by atoms with Crippen LogP contribution < -0.4 is 10.6 Å². The Morgan fingerprint density at radius 1 is 1.29 bits per heavy atom. The first-order valence-electron chi connectivity index (χ1n) is 6.43. The van der Waals surface area contributed by atoms with E-state index < -0.39 is 5.97 Å². The van der Waals surface area contributed by atoms with E-state index in [4.69, 9.17) is 13.9 Å².